The molecule has 176 valence electrons. The van der Waals surface area contributed by atoms with Gasteiger partial charge in [0.25, 0.3) is 0 Å². The fourth-order valence-electron chi connectivity index (χ4n) is 3.33. The molecule has 0 saturated carbocycles. The van der Waals surface area contributed by atoms with Gasteiger partial charge in [-0.3, -0.25) is 10.8 Å². The molecule has 2 aromatic heterocycles. The van der Waals surface area contributed by atoms with Crippen LogP contribution in [0.4, 0.5) is 24.9 Å². The lowest BCUT2D eigenvalue weighted by atomic mass is 10.2. The van der Waals surface area contributed by atoms with Crippen LogP contribution in [0.25, 0.3) is 10.2 Å². The number of aryl methyl sites for hydroxylation is 1. The molecule has 1 aliphatic rings. The van der Waals surface area contributed by atoms with E-state index in [1.54, 1.807) is 16.2 Å². The molecule has 0 amide bonds. The first-order chi connectivity index (χ1) is 15.2. The summed E-state index contributed by atoms with van der Waals surface area (Å²) >= 11 is 1.54. The topological polar surface area (TPSA) is 121 Å². The van der Waals surface area contributed by atoms with Gasteiger partial charge in [-0.05, 0) is 12.5 Å². The number of anilines is 2. The minimum absolute atomic E-state index is 0.0637. The lowest BCUT2D eigenvalue weighted by Crippen LogP contribution is -2.55. The van der Waals surface area contributed by atoms with Crippen molar-refractivity contribution in [2.75, 3.05) is 56.2 Å². The number of nitrogens with zero attached hydrogens (tertiary/aromatic N) is 4. The molecule has 13 heteroatoms. The molecule has 0 spiro atoms. The number of thiophene rings is 1. The van der Waals surface area contributed by atoms with E-state index in [1.165, 1.54) is 0 Å². The van der Waals surface area contributed by atoms with E-state index < -0.39 is 12.0 Å². The molecular formula is C19H26F3N7O2S. The molecule has 1 fully saturated rings. The summed E-state index contributed by atoms with van der Waals surface area (Å²) < 4.78 is 44.0. The number of aliphatic hydroxyl groups excluding tert-OH is 1. The highest BCUT2D eigenvalue weighted by Crippen LogP contribution is 2.33. The van der Waals surface area contributed by atoms with Gasteiger partial charge in [-0.1, -0.05) is 13.3 Å². The zero-order valence-electron chi connectivity index (χ0n) is 17.6. The predicted molar refractivity (Wildman–Crippen MR) is 118 cm³/mol. The summed E-state index contributed by atoms with van der Waals surface area (Å²) in [7, 11) is 0. The number of ether oxygens (including phenoxy) is 1. The normalized spacial score (nSPS) is 15.0. The maximum absolute atomic E-state index is 12.9. The Morgan fingerprint density at radius 2 is 2.09 bits per heavy atom. The Labute approximate surface area is 187 Å². The first kappa shape index (κ1) is 24.1. The number of nitrogens with one attached hydrogen (secondary N) is 3. The Morgan fingerprint density at radius 3 is 2.75 bits per heavy atom. The average Bonchev–Trinajstić information content (AvgIpc) is 3.14. The minimum Gasteiger partial charge on any atom is -0.394 e. The summed E-state index contributed by atoms with van der Waals surface area (Å²) in [5, 5.41) is 28.1. The largest absolute Gasteiger partial charge is 0.449 e. The van der Waals surface area contributed by atoms with Crippen molar-refractivity contribution in [3.63, 3.8) is 0 Å². The molecular weight excluding hydrogens is 447 g/mol. The Morgan fingerprint density at radius 1 is 1.31 bits per heavy atom. The molecule has 3 heterocycles. The molecule has 0 unspecified atom stereocenters. The van der Waals surface area contributed by atoms with Gasteiger partial charge in [-0.2, -0.15) is 18.2 Å². The second-order valence-corrected chi connectivity index (χ2v) is 8.30. The van der Waals surface area contributed by atoms with Crippen molar-refractivity contribution in [1.82, 2.24) is 14.9 Å². The molecule has 9 nitrogen and oxygen atoms in total. The maximum atomic E-state index is 12.9. The van der Waals surface area contributed by atoms with Crippen molar-refractivity contribution < 1.29 is 23.0 Å². The van der Waals surface area contributed by atoms with Crippen LogP contribution in [-0.4, -0.2) is 83.8 Å². The number of aromatic nitrogens is 2. The zero-order valence-corrected chi connectivity index (χ0v) is 18.4. The molecule has 0 aromatic carbocycles. The van der Waals surface area contributed by atoms with Gasteiger partial charge in [0.1, 0.15) is 16.5 Å². The van der Waals surface area contributed by atoms with E-state index in [2.05, 4.69) is 22.2 Å². The van der Waals surface area contributed by atoms with Gasteiger partial charge in [0.2, 0.25) is 11.8 Å². The fraction of sp³-hybridized carbons (Fsp3) is 0.579. The molecule has 4 N–H and O–H groups in total. The number of piperazine rings is 1. The van der Waals surface area contributed by atoms with Gasteiger partial charge in [0.05, 0.1) is 31.8 Å². The molecule has 32 heavy (non-hydrogen) atoms. The van der Waals surface area contributed by atoms with Crippen LogP contribution < -0.4 is 10.2 Å². The third-order valence-electron chi connectivity index (χ3n) is 4.78. The third kappa shape index (κ3) is 5.64. The molecule has 1 aliphatic heterocycles. The summed E-state index contributed by atoms with van der Waals surface area (Å²) in [6.07, 6.45) is -2.95. The smallest absolute Gasteiger partial charge is 0.394 e. The van der Waals surface area contributed by atoms with Gasteiger partial charge >= 0.3 is 6.18 Å². The highest BCUT2D eigenvalue weighted by atomic mass is 32.1. The summed E-state index contributed by atoms with van der Waals surface area (Å²) in [6, 6.07) is 2.00. The highest BCUT2D eigenvalue weighted by molar-refractivity contribution is 7.18. The van der Waals surface area contributed by atoms with Crippen LogP contribution in [0.15, 0.2) is 6.07 Å². The SMILES string of the molecule is CCCc1cc2c(N3CCN(C(=N)C(F)(F)F)C(=N)C3)nc(NCCOCCO)nc2s1. The number of amidine groups is 2. The van der Waals surface area contributed by atoms with Crippen LogP contribution in [0.2, 0.25) is 0 Å². The maximum Gasteiger partial charge on any atom is 0.449 e. The second kappa shape index (κ2) is 10.4. The Kier molecular flexibility index (Phi) is 7.85. The summed E-state index contributed by atoms with van der Waals surface area (Å²) in [6.45, 7) is 2.98. The molecule has 0 aliphatic carbocycles. The van der Waals surface area contributed by atoms with Gasteiger partial charge in [0, 0.05) is 24.5 Å². The molecule has 1 saturated heterocycles. The van der Waals surface area contributed by atoms with Gasteiger partial charge in [0.15, 0.2) is 0 Å². The van der Waals surface area contributed by atoms with E-state index >= 15 is 0 Å². The van der Waals surface area contributed by atoms with Crippen molar-refractivity contribution in [2.45, 2.75) is 25.9 Å². The van der Waals surface area contributed by atoms with Crippen LogP contribution in [0.3, 0.4) is 0 Å². The molecule has 0 radical (unpaired) electrons. The number of hydrogen-bond donors (Lipinski definition) is 4. The summed E-state index contributed by atoms with van der Waals surface area (Å²) in [4.78, 5) is 13.5. The lowest BCUT2D eigenvalue weighted by Gasteiger charge is -2.37. The van der Waals surface area contributed by atoms with Crippen molar-refractivity contribution in [1.29, 1.82) is 10.8 Å². The summed E-state index contributed by atoms with van der Waals surface area (Å²) in [5.74, 6) is -0.917. The van der Waals surface area contributed by atoms with E-state index in [-0.39, 0.29) is 38.7 Å². The van der Waals surface area contributed by atoms with Crippen molar-refractivity contribution in [2.24, 2.45) is 0 Å². The summed E-state index contributed by atoms with van der Waals surface area (Å²) in [5.41, 5.74) is 0. The lowest BCUT2D eigenvalue weighted by molar-refractivity contribution is -0.0671. The Bertz CT molecular complexity index is 966. The van der Waals surface area contributed by atoms with E-state index in [9.17, 15) is 13.2 Å². The van der Waals surface area contributed by atoms with Gasteiger partial charge in [-0.25, -0.2) is 4.98 Å². The number of halogens is 3. The van der Waals surface area contributed by atoms with Crippen molar-refractivity contribution in [3.8, 4) is 0 Å². The van der Waals surface area contributed by atoms with Crippen molar-refractivity contribution in [3.05, 3.63) is 10.9 Å². The molecule has 3 rings (SSSR count). The van der Waals surface area contributed by atoms with Crippen LogP contribution in [0.1, 0.15) is 18.2 Å². The van der Waals surface area contributed by atoms with E-state index in [4.69, 9.17) is 20.7 Å². The van der Waals surface area contributed by atoms with Crippen LogP contribution in [-0.2, 0) is 11.2 Å². The van der Waals surface area contributed by atoms with Crippen LogP contribution in [0.5, 0.6) is 0 Å². The monoisotopic (exact) mass is 473 g/mol. The second-order valence-electron chi connectivity index (χ2n) is 7.18. The number of rotatable bonds is 9. The van der Waals surface area contributed by atoms with Gasteiger partial charge < -0.3 is 25.0 Å². The van der Waals surface area contributed by atoms with Crippen LogP contribution >= 0.6 is 11.3 Å². The third-order valence-corrected chi connectivity index (χ3v) is 5.87. The quantitative estimate of drug-likeness (QED) is 0.251. The minimum atomic E-state index is -4.80. The number of aliphatic hydroxyl groups is 1. The first-order valence-electron chi connectivity index (χ1n) is 10.2. The highest BCUT2D eigenvalue weighted by Gasteiger charge is 2.41. The van der Waals surface area contributed by atoms with Crippen molar-refractivity contribution >= 4 is 45.0 Å². The molecule has 2 aromatic rings. The number of alkyl halides is 3. The zero-order chi connectivity index (χ0) is 23.3. The fourth-order valence-corrected chi connectivity index (χ4v) is 4.45. The van der Waals surface area contributed by atoms with E-state index in [0.717, 1.165) is 27.9 Å². The predicted octanol–water partition coefficient (Wildman–Crippen LogP) is 2.70. The number of hydrogen-bond acceptors (Lipinski definition) is 9. The molecule has 0 atom stereocenters. The Hall–Kier alpha value is -2.51. The average molecular weight is 474 g/mol. The first-order valence-corrected chi connectivity index (χ1v) is 11.0. The van der Waals surface area contributed by atoms with E-state index in [0.29, 0.717) is 29.8 Å². The Balaban J connectivity index is 1.83. The van der Waals surface area contributed by atoms with E-state index in [1.807, 2.05) is 6.07 Å². The standard InChI is InChI=1S/C19H26F3N7O2S/c1-2-3-12-10-13-15(26-18(27-16(13)32-12)25-4-8-31-9-7-30)28-5-6-29(14(23)11-28)17(24)19(20,21)22/h10,23-24,30H,2-9,11H2,1H3,(H,25,26,27). The van der Waals surface area contributed by atoms with Crippen LogP contribution in [0, 0.1) is 10.8 Å². The van der Waals surface area contributed by atoms with Gasteiger partial charge in [-0.15, -0.1) is 11.3 Å². The number of fused-ring (bicyclic) bond motifs is 1. The molecule has 0 bridgehead atoms.